The predicted octanol–water partition coefficient (Wildman–Crippen LogP) is 5.49. The number of ether oxygens (including phenoxy) is 1. The first-order valence-corrected chi connectivity index (χ1v) is 12.8. The van der Waals surface area contributed by atoms with Crippen molar-refractivity contribution in [2.24, 2.45) is 0 Å². The second-order valence-corrected chi connectivity index (χ2v) is 9.66. The Kier molecular flexibility index (Phi) is 6.94. The zero-order chi connectivity index (χ0) is 25.1. The van der Waals surface area contributed by atoms with E-state index in [0.29, 0.717) is 18.7 Å². The number of anilines is 1. The molecule has 186 valence electrons. The van der Waals surface area contributed by atoms with Gasteiger partial charge in [-0.1, -0.05) is 36.8 Å². The Morgan fingerprint density at radius 3 is 2.42 bits per heavy atom. The van der Waals surface area contributed by atoms with E-state index in [9.17, 15) is 4.79 Å². The number of carbonyl (C=O) groups excluding carboxylic acids is 1. The van der Waals surface area contributed by atoms with Crippen LogP contribution in [0.3, 0.4) is 0 Å². The quantitative estimate of drug-likeness (QED) is 0.378. The van der Waals surface area contributed by atoms with Gasteiger partial charge < -0.3 is 15.0 Å². The lowest BCUT2D eigenvalue weighted by molar-refractivity contribution is 0.0944. The van der Waals surface area contributed by atoms with E-state index < -0.39 is 0 Å². The van der Waals surface area contributed by atoms with E-state index in [1.807, 2.05) is 36.6 Å². The molecule has 1 N–H and O–H groups in total. The van der Waals surface area contributed by atoms with Crippen LogP contribution in [-0.4, -0.2) is 34.5 Å². The van der Waals surface area contributed by atoms with Crippen LogP contribution in [0.4, 0.5) is 5.69 Å². The Morgan fingerprint density at radius 1 is 1.00 bits per heavy atom. The second kappa shape index (κ2) is 10.4. The molecule has 36 heavy (non-hydrogen) atoms. The molecule has 0 spiro atoms. The number of amides is 1. The highest BCUT2D eigenvalue weighted by Crippen LogP contribution is 2.24. The van der Waals surface area contributed by atoms with E-state index in [0.717, 1.165) is 54.1 Å². The maximum absolute atomic E-state index is 13.1. The molecule has 3 heterocycles. The van der Waals surface area contributed by atoms with Crippen LogP contribution in [0.25, 0.3) is 5.65 Å². The average Bonchev–Trinajstić information content (AvgIpc) is 3.27. The molecule has 0 saturated carbocycles. The third-order valence-electron chi connectivity index (χ3n) is 6.92. The number of fused-ring (bicyclic) bond motifs is 1. The van der Waals surface area contributed by atoms with Crippen molar-refractivity contribution in [2.45, 2.75) is 52.7 Å². The van der Waals surface area contributed by atoms with Gasteiger partial charge in [0.25, 0.3) is 5.91 Å². The van der Waals surface area contributed by atoms with Gasteiger partial charge in [0.15, 0.2) is 0 Å². The molecule has 1 aliphatic rings. The van der Waals surface area contributed by atoms with Crippen molar-refractivity contribution >= 4 is 17.2 Å². The molecule has 0 radical (unpaired) electrons. The summed E-state index contributed by atoms with van der Waals surface area (Å²) in [5.41, 5.74) is 6.93. The molecule has 2 aromatic carbocycles. The van der Waals surface area contributed by atoms with Gasteiger partial charge in [0.2, 0.25) is 0 Å². The van der Waals surface area contributed by atoms with E-state index >= 15 is 0 Å². The summed E-state index contributed by atoms with van der Waals surface area (Å²) in [7, 11) is 0. The first kappa shape index (κ1) is 23.9. The van der Waals surface area contributed by atoms with Crippen molar-refractivity contribution in [2.75, 3.05) is 18.0 Å². The number of aromatic nitrogens is 2. The first-order chi connectivity index (χ1) is 17.5. The van der Waals surface area contributed by atoms with E-state index in [1.165, 1.54) is 11.3 Å². The van der Waals surface area contributed by atoms with Crippen LogP contribution < -0.4 is 15.0 Å². The Bertz CT molecular complexity index is 1330. The molecule has 1 fully saturated rings. The Hall–Kier alpha value is -3.80. The van der Waals surface area contributed by atoms with Crippen molar-refractivity contribution < 1.29 is 9.53 Å². The molecule has 4 aromatic rings. The second-order valence-electron chi connectivity index (χ2n) is 9.66. The lowest BCUT2D eigenvalue weighted by Gasteiger charge is -2.33. The first-order valence-electron chi connectivity index (χ1n) is 12.8. The van der Waals surface area contributed by atoms with Crippen LogP contribution >= 0.6 is 0 Å². The molecular weight excluding hydrogens is 448 g/mol. The summed E-state index contributed by atoms with van der Waals surface area (Å²) in [5, 5.41) is 3.08. The molecule has 1 saturated heterocycles. The van der Waals surface area contributed by atoms with Gasteiger partial charge in [-0.05, 0) is 67.8 Å². The molecule has 0 bridgehead atoms. The van der Waals surface area contributed by atoms with Gasteiger partial charge in [-0.2, -0.15) is 0 Å². The van der Waals surface area contributed by atoms with Gasteiger partial charge in [0, 0.05) is 44.4 Å². The molecule has 1 amide bonds. The lowest BCUT2D eigenvalue weighted by atomic mass is 10.1. The van der Waals surface area contributed by atoms with Gasteiger partial charge in [-0.25, -0.2) is 4.98 Å². The number of piperidine rings is 1. The highest BCUT2D eigenvalue weighted by Gasteiger charge is 2.21. The van der Waals surface area contributed by atoms with Crippen molar-refractivity contribution in [3.8, 4) is 5.75 Å². The SMILES string of the molecule is CCc1nc2cc(C)ccn2c1C(=O)NCc1ccc(N2CCC(Oc3ccc(C)cc3)CC2)cc1. The number of hydrogen-bond donors (Lipinski definition) is 1. The molecule has 0 aliphatic carbocycles. The van der Waals surface area contributed by atoms with E-state index in [2.05, 4.69) is 70.7 Å². The molecule has 6 heteroatoms. The number of hydrogen-bond acceptors (Lipinski definition) is 4. The summed E-state index contributed by atoms with van der Waals surface area (Å²) < 4.78 is 8.06. The Balaban J connectivity index is 1.16. The minimum Gasteiger partial charge on any atom is -0.490 e. The van der Waals surface area contributed by atoms with Crippen LogP contribution in [0.15, 0.2) is 66.9 Å². The predicted molar refractivity (Wildman–Crippen MR) is 144 cm³/mol. The minimum atomic E-state index is -0.0945. The third kappa shape index (κ3) is 5.23. The van der Waals surface area contributed by atoms with Crippen molar-refractivity contribution in [3.63, 3.8) is 0 Å². The summed E-state index contributed by atoms with van der Waals surface area (Å²) >= 11 is 0. The number of rotatable bonds is 7. The summed E-state index contributed by atoms with van der Waals surface area (Å²) in [6.45, 7) is 8.58. The molecule has 2 aromatic heterocycles. The van der Waals surface area contributed by atoms with E-state index in [4.69, 9.17) is 4.74 Å². The number of carbonyl (C=O) groups is 1. The third-order valence-corrected chi connectivity index (χ3v) is 6.92. The summed E-state index contributed by atoms with van der Waals surface area (Å²) in [5.74, 6) is 0.860. The summed E-state index contributed by atoms with van der Waals surface area (Å²) in [6.07, 6.45) is 4.91. The van der Waals surface area contributed by atoms with Crippen LogP contribution in [0, 0.1) is 13.8 Å². The maximum Gasteiger partial charge on any atom is 0.270 e. The molecule has 0 atom stereocenters. The fraction of sp³-hybridized carbons (Fsp3) is 0.333. The standard InChI is InChI=1S/C30H34N4O2/c1-4-27-29(34-18-13-22(3)19-28(34)32-27)30(35)31-20-23-7-9-24(10-8-23)33-16-14-26(15-17-33)36-25-11-5-21(2)6-12-25/h5-13,18-19,26H,4,14-17,20H2,1-3H3,(H,31,35). The van der Waals surface area contributed by atoms with Gasteiger partial charge in [-0.3, -0.25) is 9.20 Å². The molecular formula is C30H34N4O2. The Morgan fingerprint density at radius 2 is 1.72 bits per heavy atom. The summed E-state index contributed by atoms with van der Waals surface area (Å²) in [6, 6.07) is 20.8. The number of nitrogens with one attached hydrogen (secondary N) is 1. The minimum absolute atomic E-state index is 0.0945. The van der Waals surface area contributed by atoms with Gasteiger partial charge in [0.1, 0.15) is 23.2 Å². The Labute approximate surface area is 212 Å². The number of pyridine rings is 1. The van der Waals surface area contributed by atoms with Gasteiger partial charge in [-0.15, -0.1) is 0 Å². The lowest BCUT2D eigenvalue weighted by Crippen LogP contribution is -2.38. The molecule has 6 nitrogen and oxygen atoms in total. The molecule has 1 aliphatic heterocycles. The topological polar surface area (TPSA) is 58.9 Å². The number of aryl methyl sites for hydroxylation is 3. The van der Waals surface area contributed by atoms with Crippen LogP contribution in [0.1, 0.15) is 52.6 Å². The fourth-order valence-corrected chi connectivity index (χ4v) is 4.81. The normalized spacial score (nSPS) is 14.2. The zero-order valence-corrected chi connectivity index (χ0v) is 21.3. The zero-order valence-electron chi connectivity index (χ0n) is 21.3. The highest BCUT2D eigenvalue weighted by atomic mass is 16.5. The van der Waals surface area contributed by atoms with Crippen molar-refractivity contribution in [3.05, 3.63) is 94.9 Å². The van der Waals surface area contributed by atoms with Crippen LogP contribution in [-0.2, 0) is 13.0 Å². The van der Waals surface area contributed by atoms with E-state index in [-0.39, 0.29) is 12.0 Å². The monoisotopic (exact) mass is 482 g/mol. The maximum atomic E-state index is 13.1. The largest absolute Gasteiger partial charge is 0.490 e. The number of nitrogens with zero attached hydrogens (tertiary/aromatic N) is 3. The van der Waals surface area contributed by atoms with Gasteiger partial charge >= 0.3 is 0 Å². The van der Waals surface area contributed by atoms with Crippen molar-refractivity contribution in [1.82, 2.24) is 14.7 Å². The molecule has 0 unspecified atom stereocenters. The smallest absolute Gasteiger partial charge is 0.270 e. The number of imidazole rings is 1. The molecule has 5 rings (SSSR count). The number of benzene rings is 2. The van der Waals surface area contributed by atoms with E-state index in [1.54, 1.807) is 0 Å². The van der Waals surface area contributed by atoms with Crippen LogP contribution in [0.2, 0.25) is 0 Å². The summed E-state index contributed by atoms with van der Waals surface area (Å²) in [4.78, 5) is 20.1. The van der Waals surface area contributed by atoms with Crippen molar-refractivity contribution in [1.29, 1.82) is 0 Å². The highest BCUT2D eigenvalue weighted by molar-refractivity contribution is 5.94. The average molecular weight is 483 g/mol. The van der Waals surface area contributed by atoms with Gasteiger partial charge in [0.05, 0.1) is 5.69 Å². The van der Waals surface area contributed by atoms with Crippen LogP contribution in [0.5, 0.6) is 5.75 Å². The fourth-order valence-electron chi connectivity index (χ4n) is 4.81.